The fourth-order valence-corrected chi connectivity index (χ4v) is 0. The number of halogens is 1. The fraction of sp³-hybridized carbons (Fsp3) is 1.00. The molecule has 0 spiro atoms. The predicted molar refractivity (Wildman–Crippen MR) is 45.8 cm³/mol. The third kappa shape index (κ3) is 43.2. The van der Waals surface area contributed by atoms with Gasteiger partial charge in [-0.3, -0.25) is 4.70 Å². The van der Waals surface area contributed by atoms with E-state index in [-0.39, 0.29) is 117 Å². The average molecular weight is 366 g/mol. The van der Waals surface area contributed by atoms with Crippen LogP contribution < -0.4 is 51.4 Å². The standard InChI is InChI=1S/CH4.FH.K.3H3P.W.H2.H/h1H4;1H;;3*1H3;;1H;/q;;+1;;;;;;-1/i;;;;;;;1+2;. The molecule has 0 amide bonds. The van der Waals surface area contributed by atoms with E-state index in [1.807, 2.05) is 0 Å². The Balaban J connectivity index is 0. The summed E-state index contributed by atoms with van der Waals surface area (Å²) < 4.78 is 0. The summed E-state index contributed by atoms with van der Waals surface area (Å²) in [5.41, 5.74) is 0. The summed E-state index contributed by atoms with van der Waals surface area (Å²) >= 11 is 0. The van der Waals surface area contributed by atoms with Crippen molar-refractivity contribution in [3.05, 3.63) is 0 Å². The van der Waals surface area contributed by atoms with Crippen molar-refractivity contribution in [1.29, 1.82) is 0 Å². The number of hydrogen-bond donors (Lipinski definition) is 0. The van der Waals surface area contributed by atoms with Crippen molar-refractivity contribution in [2.24, 2.45) is 0 Å². The molecule has 0 N–H and O–H groups in total. The van der Waals surface area contributed by atoms with E-state index in [1.165, 1.54) is 0 Å². The van der Waals surface area contributed by atoms with Crippen LogP contribution in [0, 0.1) is 0 Å². The van der Waals surface area contributed by atoms with E-state index >= 15 is 0 Å². The third-order valence-corrected chi connectivity index (χ3v) is 0. The molecule has 0 rings (SSSR count). The summed E-state index contributed by atoms with van der Waals surface area (Å²) in [6.45, 7) is 0. The zero-order valence-corrected chi connectivity index (χ0v) is 14.2. The Bertz CT molecular complexity index is 21.8. The first-order valence-electron chi connectivity index (χ1n) is 0. The molecule has 0 aromatic heterocycles. The Labute approximate surface area is 115 Å². The summed E-state index contributed by atoms with van der Waals surface area (Å²) in [5, 5.41) is 0. The smallest absolute Gasteiger partial charge is 1.00 e. The Kier molecular flexibility index (Phi) is 606. The number of hydrogen-bond acceptors (Lipinski definition) is 0. The largest absolute Gasteiger partial charge is 1.00 e. The minimum atomic E-state index is 0. The van der Waals surface area contributed by atoms with Crippen molar-refractivity contribution in [1.82, 2.24) is 0 Å². The summed E-state index contributed by atoms with van der Waals surface area (Å²) in [4.78, 5) is 0. The Morgan fingerprint density at radius 2 is 1.00 bits per heavy atom. The molecule has 0 nitrogen and oxygen atoms in total. The van der Waals surface area contributed by atoms with Gasteiger partial charge in [-0.25, -0.2) is 0 Å². The van der Waals surface area contributed by atoms with Crippen LogP contribution in [0.5, 0.6) is 0 Å². The van der Waals surface area contributed by atoms with Gasteiger partial charge >= 0.3 is 51.4 Å². The molecule has 7 heavy (non-hydrogen) atoms. The van der Waals surface area contributed by atoms with Gasteiger partial charge in [0.2, 0.25) is 0 Å². The minimum absolute atomic E-state index is 0. The molecule has 0 aromatic carbocycles. The molecule has 0 saturated carbocycles. The van der Waals surface area contributed by atoms with Crippen LogP contribution in [0.25, 0.3) is 0 Å². The van der Waals surface area contributed by atoms with Crippen molar-refractivity contribution in [3.8, 4) is 0 Å². The SMILES string of the molecule is C.F.P.P.P.[3HH].[H-].[K+].[W]. The van der Waals surface area contributed by atoms with Crippen molar-refractivity contribution in [2.45, 2.75) is 7.43 Å². The van der Waals surface area contributed by atoms with Crippen molar-refractivity contribution in [2.75, 3.05) is 0 Å². The Morgan fingerprint density at radius 1 is 1.00 bits per heavy atom. The van der Waals surface area contributed by atoms with Crippen LogP contribution in [0.15, 0.2) is 0 Å². The van der Waals surface area contributed by atoms with Crippen LogP contribution in [-0.4, -0.2) is 0 Å². The van der Waals surface area contributed by atoms with Crippen LogP contribution in [0.2, 0.25) is 0 Å². The van der Waals surface area contributed by atoms with E-state index in [2.05, 4.69) is 0 Å². The predicted octanol–water partition coefficient (Wildman–Crippen LogP) is -1.68. The van der Waals surface area contributed by atoms with Crippen molar-refractivity contribution >= 4 is 29.7 Å². The molecule has 3 unspecified atom stereocenters. The van der Waals surface area contributed by atoms with E-state index in [0.29, 0.717) is 0 Å². The van der Waals surface area contributed by atoms with Gasteiger partial charge in [0.05, 0.1) is 0 Å². The number of rotatable bonds is 0. The zero-order chi connectivity index (χ0) is 0. The third-order valence-electron chi connectivity index (χ3n) is 0. The molecule has 0 saturated heterocycles. The van der Waals surface area contributed by atoms with E-state index in [1.54, 1.807) is 0 Å². The summed E-state index contributed by atoms with van der Waals surface area (Å²) in [5.74, 6) is 0. The topological polar surface area (TPSA) is 0 Å². The minimum Gasteiger partial charge on any atom is -1.00 e. The maximum Gasteiger partial charge on any atom is 1.00 e. The molecule has 0 heterocycles. The van der Waals surface area contributed by atoms with Gasteiger partial charge in [-0.05, 0) is 0 Å². The van der Waals surface area contributed by atoms with Crippen LogP contribution in [0.3, 0.4) is 0 Å². The maximum atomic E-state index is 0. The second-order valence-corrected chi connectivity index (χ2v) is 0. The molecule has 0 fully saturated rings. The van der Waals surface area contributed by atoms with E-state index in [9.17, 15) is 0 Å². The second kappa shape index (κ2) is 55.5. The van der Waals surface area contributed by atoms with Crippen LogP contribution in [-0.2, 0) is 21.1 Å². The van der Waals surface area contributed by atoms with Crippen LogP contribution in [0.4, 0.5) is 4.70 Å². The zero-order valence-electron chi connectivity index (χ0n) is 4.94. The van der Waals surface area contributed by atoms with Gasteiger partial charge < -0.3 is 1.43 Å². The first-order chi connectivity index (χ1) is 0. The Hall–Kier alpha value is 3.54. The molecule has 0 radical (unpaired) electrons. The second-order valence-electron chi connectivity index (χ2n) is 0. The summed E-state index contributed by atoms with van der Waals surface area (Å²) in [6, 6.07) is 0. The van der Waals surface area contributed by atoms with Gasteiger partial charge in [0.15, 0.2) is 0 Å². The molecule has 0 aromatic rings. The van der Waals surface area contributed by atoms with E-state index < -0.39 is 0 Å². The molecule has 6 heteroatoms. The molecule has 0 aliphatic heterocycles. The monoisotopic (exact) mass is 366 g/mol. The quantitative estimate of drug-likeness (QED) is 0.355. The molecule has 0 aliphatic carbocycles. The first kappa shape index (κ1) is 76.5. The normalized spacial score (nSPS) is 0. The molecule has 0 bridgehead atoms. The van der Waals surface area contributed by atoms with Gasteiger partial charge in [0.1, 0.15) is 0 Å². The molecule has 0 aliphatic rings. The summed E-state index contributed by atoms with van der Waals surface area (Å²) in [7, 11) is 0. The van der Waals surface area contributed by atoms with Gasteiger partial charge in [-0.1, -0.05) is 7.43 Å². The van der Waals surface area contributed by atoms with Gasteiger partial charge in [0.25, 0.3) is 0 Å². The van der Waals surface area contributed by atoms with E-state index in [4.69, 9.17) is 0 Å². The average Bonchev–Trinajstić information content (AvgIpc) is 0. The molecule has 50 valence electrons. The molecule has 3 atom stereocenters. The van der Waals surface area contributed by atoms with Crippen LogP contribution >= 0.6 is 29.7 Å². The van der Waals surface area contributed by atoms with Gasteiger partial charge in [-0.15, -0.1) is 0 Å². The first-order valence-corrected chi connectivity index (χ1v) is 0. The van der Waals surface area contributed by atoms with Crippen molar-refractivity contribution in [3.63, 3.8) is 0 Å². The van der Waals surface area contributed by atoms with Crippen LogP contribution in [0.1, 0.15) is 10.3 Å². The summed E-state index contributed by atoms with van der Waals surface area (Å²) in [6.07, 6.45) is 0. The molecular formula is CH17FKP3W. The van der Waals surface area contributed by atoms with Crippen molar-refractivity contribution < 1.29 is 80.0 Å². The van der Waals surface area contributed by atoms with Gasteiger partial charge in [-0.2, -0.15) is 29.7 Å². The van der Waals surface area contributed by atoms with Gasteiger partial charge in [0, 0.05) is 22.5 Å². The Morgan fingerprint density at radius 3 is 1.00 bits per heavy atom. The fourth-order valence-electron chi connectivity index (χ4n) is 0. The maximum absolute atomic E-state index is 0. The van der Waals surface area contributed by atoms with E-state index in [0.717, 1.165) is 0 Å². The molecular weight excluding hydrogens is 347 g/mol.